The molecule has 0 atom stereocenters. The van der Waals surface area contributed by atoms with E-state index < -0.39 is 6.09 Å². The summed E-state index contributed by atoms with van der Waals surface area (Å²) in [6, 6.07) is 11.6. The molecule has 2 N–H and O–H groups in total. The zero-order chi connectivity index (χ0) is 18.4. The van der Waals surface area contributed by atoms with Crippen LogP contribution in [-0.2, 0) is 4.74 Å². The van der Waals surface area contributed by atoms with E-state index in [4.69, 9.17) is 23.2 Å². The van der Waals surface area contributed by atoms with Crippen molar-refractivity contribution in [3.8, 4) is 0 Å². The molecule has 2 rings (SSSR count). The molecule has 0 aliphatic carbocycles. The van der Waals surface area contributed by atoms with Crippen LogP contribution in [0.5, 0.6) is 0 Å². The molecular formula is C17H15Cl2N3O3. The number of methoxy groups -OCH3 is 1. The van der Waals surface area contributed by atoms with E-state index in [0.717, 1.165) is 5.56 Å². The van der Waals surface area contributed by atoms with Crippen molar-refractivity contribution >= 4 is 46.6 Å². The Labute approximate surface area is 154 Å². The molecule has 0 saturated heterocycles. The van der Waals surface area contributed by atoms with Crippen LogP contribution in [0.3, 0.4) is 0 Å². The molecule has 0 heterocycles. The Bertz CT molecular complexity index is 820. The number of hydrogen-bond donors (Lipinski definition) is 2. The minimum atomic E-state index is -0.650. The van der Waals surface area contributed by atoms with Crippen molar-refractivity contribution in [1.29, 1.82) is 0 Å². The fourth-order valence-corrected chi connectivity index (χ4v) is 2.40. The molecule has 2 amide bonds. The van der Waals surface area contributed by atoms with Gasteiger partial charge in [0.15, 0.2) is 0 Å². The summed E-state index contributed by atoms with van der Waals surface area (Å²) >= 11 is 11.8. The van der Waals surface area contributed by atoms with Crippen LogP contribution in [0.1, 0.15) is 22.8 Å². The minimum Gasteiger partial charge on any atom is -0.452 e. The molecule has 6 nitrogen and oxygen atoms in total. The number of halogens is 2. The molecule has 0 aliphatic heterocycles. The lowest BCUT2D eigenvalue weighted by molar-refractivity contribution is 0.102. The fraction of sp³-hybridized carbons (Fsp3) is 0.118. The summed E-state index contributed by atoms with van der Waals surface area (Å²) in [4.78, 5) is 23.3. The molecule has 8 heteroatoms. The normalized spacial score (nSPS) is 11.0. The minimum absolute atomic E-state index is 0.276. The van der Waals surface area contributed by atoms with Gasteiger partial charge in [0, 0.05) is 10.7 Å². The van der Waals surface area contributed by atoms with Crippen molar-refractivity contribution in [2.75, 3.05) is 12.4 Å². The average Bonchev–Trinajstić information content (AvgIpc) is 2.59. The molecule has 2 aromatic carbocycles. The second-order valence-corrected chi connectivity index (χ2v) is 5.80. The highest BCUT2D eigenvalue weighted by atomic mass is 35.5. The Kier molecular flexibility index (Phi) is 6.38. The van der Waals surface area contributed by atoms with Crippen LogP contribution in [0, 0.1) is 0 Å². The third-order valence-corrected chi connectivity index (χ3v) is 3.78. The maximum Gasteiger partial charge on any atom is 0.427 e. The number of benzene rings is 2. The molecule has 0 unspecified atom stereocenters. The topological polar surface area (TPSA) is 79.8 Å². The summed E-state index contributed by atoms with van der Waals surface area (Å²) in [5, 5.41) is 7.38. The molecule has 0 bridgehead atoms. The lowest BCUT2D eigenvalue weighted by Crippen LogP contribution is -2.18. The van der Waals surface area contributed by atoms with E-state index in [9.17, 15) is 9.59 Å². The highest BCUT2D eigenvalue weighted by molar-refractivity contribution is 6.37. The van der Waals surface area contributed by atoms with Crippen LogP contribution >= 0.6 is 23.2 Å². The van der Waals surface area contributed by atoms with E-state index in [1.807, 2.05) is 0 Å². The van der Waals surface area contributed by atoms with Gasteiger partial charge < -0.3 is 10.1 Å². The van der Waals surface area contributed by atoms with Gasteiger partial charge in [-0.1, -0.05) is 35.3 Å². The number of ether oxygens (including phenoxy) is 1. The molecular weight excluding hydrogens is 365 g/mol. The zero-order valence-corrected chi connectivity index (χ0v) is 15.0. The van der Waals surface area contributed by atoms with E-state index in [1.165, 1.54) is 13.2 Å². The molecule has 0 spiro atoms. The van der Waals surface area contributed by atoms with E-state index in [2.05, 4.69) is 20.6 Å². The van der Waals surface area contributed by atoms with E-state index in [1.54, 1.807) is 43.3 Å². The quantitative estimate of drug-likeness (QED) is 0.612. The largest absolute Gasteiger partial charge is 0.452 e. The van der Waals surface area contributed by atoms with E-state index in [0.29, 0.717) is 22.0 Å². The van der Waals surface area contributed by atoms with Crippen molar-refractivity contribution in [2.24, 2.45) is 5.10 Å². The first-order chi connectivity index (χ1) is 11.9. The van der Waals surface area contributed by atoms with Crippen molar-refractivity contribution in [2.45, 2.75) is 6.92 Å². The zero-order valence-electron chi connectivity index (χ0n) is 13.5. The van der Waals surface area contributed by atoms with Crippen molar-refractivity contribution in [1.82, 2.24) is 5.43 Å². The van der Waals surface area contributed by atoms with Crippen molar-refractivity contribution in [3.63, 3.8) is 0 Å². The lowest BCUT2D eigenvalue weighted by Gasteiger charge is -2.08. The summed E-state index contributed by atoms with van der Waals surface area (Å²) in [6.07, 6.45) is -0.650. The van der Waals surface area contributed by atoms with Gasteiger partial charge in [-0.15, -0.1) is 0 Å². The third kappa shape index (κ3) is 5.20. The number of nitrogens with one attached hydrogen (secondary N) is 2. The Morgan fingerprint density at radius 1 is 1.08 bits per heavy atom. The predicted octanol–water partition coefficient (Wildman–Crippen LogP) is 4.33. The van der Waals surface area contributed by atoms with Crippen molar-refractivity contribution in [3.05, 3.63) is 63.6 Å². The lowest BCUT2D eigenvalue weighted by atomic mass is 10.1. The molecule has 0 aliphatic rings. The van der Waals surface area contributed by atoms with Gasteiger partial charge in [-0.05, 0) is 42.8 Å². The maximum atomic E-state index is 12.3. The molecule has 0 fully saturated rings. The Morgan fingerprint density at radius 3 is 2.36 bits per heavy atom. The van der Waals surface area contributed by atoms with Crippen LogP contribution in [0.25, 0.3) is 0 Å². The Morgan fingerprint density at radius 2 is 1.76 bits per heavy atom. The maximum absolute atomic E-state index is 12.3. The van der Waals surface area contributed by atoms with E-state index in [-0.39, 0.29) is 10.9 Å². The smallest absolute Gasteiger partial charge is 0.427 e. The monoisotopic (exact) mass is 379 g/mol. The number of carbonyl (C=O) groups is 2. The summed E-state index contributed by atoms with van der Waals surface area (Å²) in [6.45, 7) is 1.73. The predicted molar refractivity (Wildman–Crippen MR) is 98.6 cm³/mol. The number of nitrogens with zero attached hydrogens (tertiary/aromatic N) is 1. The van der Waals surface area contributed by atoms with Gasteiger partial charge >= 0.3 is 6.09 Å². The van der Waals surface area contributed by atoms with Crippen LogP contribution in [0.4, 0.5) is 10.5 Å². The Hall–Kier alpha value is -2.57. The highest BCUT2D eigenvalue weighted by Gasteiger charge is 2.11. The van der Waals surface area contributed by atoms with Crippen LogP contribution in [-0.4, -0.2) is 24.8 Å². The molecule has 0 saturated carbocycles. The summed E-state index contributed by atoms with van der Waals surface area (Å²) in [5.74, 6) is -0.341. The summed E-state index contributed by atoms with van der Waals surface area (Å²) in [7, 11) is 1.25. The van der Waals surface area contributed by atoms with Gasteiger partial charge in [0.2, 0.25) is 0 Å². The van der Waals surface area contributed by atoms with E-state index >= 15 is 0 Å². The fourth-order valence-electron chi connectivity index (χ4n) is 1.91. The number of carbonyl (C=O) groups excluding carboxylic acids is 2. The van der Waals surface area contributed by atoms with Crippen LogP contribution < -0.4 is 10.7 Å². The van der Waals surface area contributed by atoms with Gasteiger partial charge in [-0.3, -0.25) is 4.79 Å². The van der Waals surface area contributed by atoms with Crippen molar-refractivity contribution < 1.29 is 14.3 Å². The number of amides is 2. The molecule has 0 radical (unpaired) electrons. The van der Waals surface area contributed by atoms with Crippen LogP contribution in [0.2, 0.25) is 10.0 Å². The Balaban J connectivity index is 2.07. The first kappa shape index (κ1) is 18.8. The van der Waals surface area contributed by atoms with Gasteiger partial charge in [0.05, 0.1) is 23.4 Å². The first-order valence-electron chi connectivity index (χ1n) is 7.16. The SMILES string of the molecule is COC(=O)NN=C(C)c1ccc(NC(=O)c2ccc(Cl)cc2Cl)cc1. The number of anilines is 1. The summed E-state index contributed by atoms with van der Waals surface area (Å²) < 4.78 is 4.43. The second-order valence-electron chi connectivity index (χ2n) is 4.96. The third-order valence-electron chi connectivity index (χ3n) is 3.24. The summed E-state index contributed by atoms with van der Waals surface area (Å²) in [5.41, 5.74) is 4.53. The first-order valence-corrected chi connectivity index (χ1v) is 7.91. The molecule has 0 aromatic heterocycles. The number of hydrogen-bond acceptors (Lipinski definition) is 4. The van der Waals surface area contributed by atoms with Gasteiger partial charge in [0.25, 0.3) is 5.91 Å². The second kappa shape index (κ2) is 8.50. The molecule has 25 heavy (non-hydrogen) atoms. The van der Waals surface area contributed by atoms with Gasteiger partial charge in [-0.25, -0.2) is 10.2 Å². The standard InChI is InChI=1S/C17H15Cl2N3O3/c1-10(21-22-17(24)25-2)11-3-6-13(7-4-11)20-16(23)14-8-5-12(18)9-15(14)19/h3-9H,1-2H3,(H,20,23)(H,22,24). The number of hydrazone groups is 1. The molecule has 130 valence electrons. The van der Waals surface area contributed by atoms with Gasteiger partial charge in [0.1, 0.15) is 0 Å². The van der Waals surface area contributed by atoms with Crippen LogP contribution in [0.15, 0.2) is 47.6 Å². The molecule has 2 aromatic rings. The number of rotatable bonds is 4. The highest BCUT2D eigenvalue weighted by Crippen LogP contribution is 2.22. The van der Waals surface area contributed by atoms with Gasteiger partial charge in [-0.2, -0.15) is 5.10 Å². The average molecular weight is 380 g/mol.